The van der Waals surface area contributed by atoms with E-state index in [1.54, 1.807) is 60.7 Å². The molecule has 0 bridgehead atoms. The van der Waals surface area contributed by atoms with Crippen molar-refractivity contribution in [3.05, 3.63) is 94.5 Å². The zero-order valence-electron chi connectivity index (χ0n) is 15.2. The number of rotatable bonds is 7. The molecule has 3 aromatic carbocycles. The zero-order valence-corrected chi connectivity index (χ0v) is 16.8. The van der Waals surface area contributed by atoms with E-state index in [1.165, 1.54) is 6.21 Å². The first-order valence-electron chi connectivity index (χ1n) is 8.68. The van der Waals surface area contributed by atoms with Crippen LogP contribution in [0.3, 0.4) is 0 Å². The average Bonchev–Trinajstić information content (AvgIpc) is 2.74. The summed E-state index contributed by atoms with van der Waals surface area (Å²) in [6.07, 6.45) is 1.46. The van der Waals surface area contributed by atoms with Crippen LogP contribution in [0.1, 0.15) is 15.9 Å². The summed E-state index contributed by atoms with van der Waals surface area (Å²) < 4.78 is 11.6. The number of hydrazone groups is 1. The molecule has 0 fully saturated rings. The molecule has 0 aromatic heterocycles. The SMILES string of the molecule is O=C(COc1ccc(Br)cc1)NN=Cc1cccc(OC(=O)c2ccccc2)c1. The Morgan fingerprint density at radius 3 is 2.45 bits per heavy atom. The summed E-state index contributed by atoms with van der Waals surface area (Å²) in [5.74, 6) is 0.127. The van der Waals surface area contributed by atoms with E-state index in [1.807, 2.05) is 18.2 Å². The van der Waals surface area contributed by atoms with Crippen LogP contribution in [0.15, 0.2) is 88.4 Å². The molecule has 0 radical (unpaired) electrons. The van der Waals surface area contributed by atoms with Gasteiger partial charge in [-0.2, -0.15) is 5.10 Å². The van der Waals surface area contributed by atoms with E-state index in [4.69, 9.17) is 9.47 Å². The van der Waals surface area contributed by atoms with Gasteiger partial charge in [0, 0.05) is 4.47 Å². The molecule has 29 heavy (non-hydrogen) atoms. The summed E-state index contributed by atoms with van der Waals surface area (Å²) in [4.78, 5) is 23.9. The van der Waals surface area contributed by atoms with Gasteiger partial charge in [0.15, 0.2) is 6.61 Å². The molecule has 6 nitrogen and oxygen atoms in total. The Balaban J connectivity index is 1.50. The lowest BCUT2D eigenvalue weighted by Gasteiger charge is -2.05. The highest BCUT2D eigenvalue weighted by Crippen LogP contribution is 2.16. The van der Waals surface area contributed by atoms with Crippen molar-refractivity contribution >= 4 is 34.0 Å². The van der Waals surface area contributed by atoms with Crippen LogP contribution in [0, 0.1) is 0 Å². The average molecular weight is 453 g/mol. The lowest BCUT2D eigenvalue weighted by molar-refractivity contribution is -0.123. The Hall–Kier alpha value is -3.45. The fraction of sp³-hybridized carbons (Fsp3) is 0.0455. The minimum atomic E-state index is -0.446. The van der Waals surface area contributed by atoms with Crippen molar-refractivity contribution in [3.63, 3.8) is 0 Å². The third-order valence-electron chi connectivity index (χ3n) is 3.66. The number of esters is 1. The van der Waals surface area contributed by atoms with Crippen molar-refractivity contribution in [3.8, 4) is 11.5 Å². The van der Waals surface area contributed by atoms with E-state index in [9.17, 15) is 9.59 Å². The highest BCUT2D eigenvalue weighted by atomic mass is 79.9. The van der Waals surface area contributed by atoms with Gasteiger partial charge in [0.2, 0.25) is 0 Å². The third kappa shape index (κ3) is 6.58. The second kappa shape index (κ2) is 10.2. The van der Waals surface area contributed by atoms with Crippen LogP contribution in [0.4, 0.5) is 0 Å². The maximum Gasteiger partial charge on any atom is 0.343 e. The number of carbonyl (C=O) groups excluding carboxylic acids is 2. The van der Waals surface area contributed by atoms with Crippen molar-refractivity contribution in [2.45, 2.75) is 0 Å². The molecule has 0 atom stereocenters. The number of carbonyl (C=O) groups is 2. The Bertz CT molecular complexity index is 1000. The fourth-order valence-corrected chi connectivity index (χ4v) is 2.55. The number of amides is 1. The van der Waals surface area contributed by atoms with E-state index in [-0.39, 0.29) is 6.61 Å². The summed E-state index contributed by atoms with van der Waals surface area (Å²) >= 11 is 3.33. The molecule has 3 rings (SSSR count). The van der Waals surface area contributed by atoms with Crippen molar-refractivity contribution < 1.29 is 19.1 Å². The Labute approximate surface area is 176 Å². The van der Waals surface area contributed by atoms with E-state index in [0.717, 1.165) is 4.47 Å². The molecule has 0 aliphatic rings. The van der Waals surface area contributed by atoms with E-state index in [2.05, 4.69) is 26.5 Å². The van der Waals surface area contributed by atoms with Crippen molar-refractivity contribution in [1.82, 2.24) is 5.43 Å². The molecule has 0 aliphatic heterocycles. The fourth-order valence-electron chi connectivity index (χ4n) is 2.29. The highest BCUT2D eigenvalue weighted by molar-refractivity contribution is 9.10. The molecule has 0 heterocycles. The number of ether oxygens (including phenoxy) is 2. The van der Waals surface area contributed by atoms with Gasteiger partial charge < -0.3 is 9.47 Å². The number of halogens is 1. The van der Waals surface area contributed by atoms with Crippen LogP contribution in [0.2, 0.25) is 0 Å². The Morgan fingerprint density at radius 1 is 0.931 bits per heavy atom. The minimum Gasteiger partial charge on any atom is -0.484 e. The van der Waals surface area contributed by atoms with Crippen LogP contribution in [-0.2, 0) is 4.79 Å². The zero-order chi connectivity index (χ0) is 20.5. The number of hydrogen-bond acceptors (Lipinski definition) is 5. The number of hydrogen-bond donors (Lipinski definition) is 1. The summed E-state index contributed by atoms with van der Waals surface area (Å²) in [7, 11) is 0. The highest BCUT2D eigenvalue weighted by Gasteiger charge is 2.07. The predicted octanol–water partition coefficient (Wildman–Crippen LogP) is 4.20. The second-order valence-electron chi connectivity index (χ2n) is 5.86. The molecular weight excluding hydrogens is 436 g/mol. The van der Waals surface area contributed by atoms with Crippen LogP contribution in [0.25, 0.3) is 0 Å². The quantitative estimate of drug-likeness (QED) is 0.252. The minimum absolute atomic E-state index is 0.159. The molecule has 1 amide bonds. The lowest BCUT2D eigenvalue weighted by atomic mass is 10.2. The molecule has 7 heteroatoms. The molecule has 1 N–H and O–H groups in total. The Morgan fingerprint density at radius 2 is 1.69 bits per heavy atom. The molecule has 3 aromatic rings. The van der Waals surface area contributed by atoms with E-state index in [0.29, 0.717) is 22.6 Å². The summed E-state index contributed by atoms with van der Waals surface area (Å²) in [5.41, 5.74) is 3.51. The number of nitrogens with zero attached hydrogens (tertiary/aromatic N) is 1. The van der Waals surface area contributed by atoms with E-state index >= 15 is 0 Å². The van der Waals surface area contributed by atoms with Gasteiger partial charge in [-0.1, -0.05) is 46.3 Å². The van der Waals surface area contributed by atoms with Gasteiger partial charge in [-0.05, 0) is 54.1 Å². The van der Waals surface area contributed by atoms with Crippen molar-refractivity contribution in [1.29, 1.82) is 0 Å². The first-order chi connectivity index (χ1) is 14.1. The summed E-state index contributed by atoms with van der Waals surface area (Å²) in [5, 5.41) is 3.89. The van der Waals surface area contributed by atoms with Crippen LogP contribution in [0.5, 0.6) is 11.5 Å². The van der Waals surface area contributed by atoms with Gasteiger partial charge >= 0.3 is 5.97 Å². The van der Waals surface area contributed by atoms with Crippen molar-refractivity contribution in [2.75, 3.05) is 6.61 Å². The number of nitrogens with one attached hydrogen (secondary N) is 1. The van der Waals surface area contributed by atoms with Gasteiger partial charge in [-0.3, -0.25) is 4.79 Å². The molecule has 0 spiro atoms. The normalized spacial score (nSPS) is 10.5. The number of benzene rings is 3. The lowest BCUT2D eigenvalue weighted by Crippen LogP contribution is -2.24. The molecular formula is C22H17BrN2O4. The Kier molecular flexibility index (Phi) is 7.13. The smallest absolute Gasteiger partial charge is 0.343 e. The van der Waals surface area contributed by atoms with Gasteiger partial charge in [0.25, 0.3) is 5.91 Å². The van der Waals surface area contributed by atoms with Gasteiger partial charge in [-0.25, -0.2) is 10.2 Å². The second-order valence-corrected chi connectivity index (χ2v) is 6.78. The maximum absolute atomic E-state index is 12.1. The molecule has 0 unspecified atom stereocenters. The van der Waals surface area contributed by atoms with Gasteiger partial charge in [0.05, 0.1) is 11.8 Å². The molecule has 146 valence electrons. The van der Waals surface area contributed by atoms with Gasteiger partial charge in [0.1, 0.15) is 11.5 Å². The van der Waals surface area contributed by atoms with Crippen LogP contribution < -0.4 is 14.9 Å². The van der Waals surface area contributed by atoms with E-state index < -0.39 is 11.9 Å². The maximum atomic E-state index is 12.1. The van der Waals surface area contributed by atoms with Crippen molar-refractivity contribution in [2.24, 2.45) is 5.10 Å². The topological polar surface area (TPSA) is 77.0 Å². The summed E-state index contributed by atoms with van der Waals surface area (Å²) in [6, 6.07) is 22.7. The predicted molar refractivity (Wildman–Crippen MR) is 113 cm³/mol. The standard InChI is InChI=1S/C22H17BrN2O4/c23-18-9-11-19(12-10-18)28-15-21(26)25-24-14-16-5-4-8-20(13-16)29-22(27)17-6-2-1-3-7-17/h1-14H,15H2,(H,25,26). The summed E-state index contributed by atoms with van der Waals surface area (Å²) in [6.45, 7) is -0.159. The molecule has 0 saturated heterocycles. The van der Waals surface area contributed by atoms with Crippen LogP contribution >= 0.6 is 15.9 Å². The molecule has 0 aliphatic carbocycles. The van der Waals surface area contributed by atoms with Gasteiger partial charge in [-0.15, -0.1) is 0 Å². The first kappa shape index (κ1) is 20.3. The monoisotopic (exact) mass is 452 g/mol. The first-order valence-corrected chi connectivity index (χ1v) is 9.47. The largest absolute Gasteiger partial charge is 0.484 e. The third-order valence-corrected chi connectivity index (χ3v) is 4.19. The molecule has 0 saturated carbocycles. The van der Waals surface area contributed by atoms with Crippen LogP contribution in [-0.4, -0.2) is 24.7 Å².